The second kappa shape index (κ2) is 7.84. The fourth-order valence-corrected chi connectivity index (χ4v) is 3.99. The second-order valence-corrected chi connectivity index (χ2v) is 7.52. The third-order valence-corrected chi connectivity index (χ3v) is 5.51. The minimum atomic E-state index is -0.502. The van der Waals surface area contributed by atoms with E-state index >= 15 is 0 Å². The van der Waals surface area contributed by atoms with E-state index in [1.807, 2.05) is 37.4 Å². The summed E-state index contributed by atoms with van der Waals surface area (Å²) in [6.45, 7) is 2.62. The lowest BCUT2D eigenvalue weighted by atomic mass is 10.0. The molecule has 0 aromatic heterocycles. The molecule has 1 aromatic carbocycles. The molecule has 0 aliphatic carbocycles. The maximum absolute atomic E-state index is 12.7. The van der Waals surface area contributed by atoms with Crippen LogP contribution < -0.4 is 5.48 Å². The van der Waals surface area contributed by atoms with Gasteiger partial charge in [-0.05, 0) is 31.9 Å². The summed E-state index contributed by atoms with van der Waals surface area (Å²) in [6, 6.07) is 8.99. The Morgan fingerprint density at radius 1 is 1.19 bits per heavy atom. The number of piperidine rings is 1. The number of hydroxylamine groups is 3. The molecule has 3 saturated heterocycles. The van der Waals surface area contributed by atoms with Crippen LogP contribution in [0, 0.1) is 0 Å². The zero-order valence-electron chi connectivity index (χ0n) is 15.5. The number of carbonyl (C=O) groups excluding carboxylic acids is 2. The molecule has 3 fully saturated rings. The summed E-state index contributed by atoms with van der Waals surface area (Å²) in [4.78, 5) is 40.3. The van der Waals surface area contributed by atoms with Crippen LogP contribution in [0.2, 0.25) is 0 Å². The molecule has 3 amide bonds. The Bertz CT molecular complexity index is 686. The number of fused-ring (bicyclic) bond motifs is 2. The molecule has 8 heteroatoms. The molecule has 1 N–H and O–H groups in total. The molecule has 3 aliphatic heterocycles. The van der Waals surface area contributed by atoms with Crippen molar-refractivity contribution in [2.45, 2.75) is 44.1 Å². The number of carbonyl (C=O) groups is 2. The zero-order valence-corrected chi connectivity index (χ0v) is 15.5. The summed E-state index contributed by atoms with van der Waals surface area (Å²) < 4.78 is 0. The predicted molar refractivity (Wildman–Crippen MR) is 97.1 cm³/mol. The van der Waals surface area contributed by atoms with Crippen molar-refractivity contribution in [3.05, 3.63) is 35.9 Å². The van der Waals surface area contributed by atoms with Crippen molar-refractivity contribution in [2.75, 3.05) is 26.7 Å². The Morgan fingerprint density at radius 3 is 2.74 bits per heavy atom. The van der Waals surface area contributed by atoms with Crippen molar-refractivity contribution in [1.82, 2.24) is 20.3 Å². The smallest absolute Gasteiger partial charge is 0.309 e. The highest BCUT2D eigenvalue weighted by Gasteiger charge is 2.48. The first-order valence-corrected chi connectivity index (χ1v) is 9.52. The number of nitrogens with zero attached hydrogens (tertiary/aromatic N) is 3. The van der Waals surface area contributed by atoms with Gasteiger partial charge in [-0.1, -0.05) is 30.3 Å². The van der Waals surface area contributed by atoms with E-state index in [-0.39, 0.29) is 24.1 Å². The van der Waals surface area contributed by atoms with E-state index in [1.54, 1.807) is 4.90 Å². The Labute approximate surface area is 158 Å². The number of benzene rings is 1. The summed E-state index contributed by atoms with van der Waals surface area (Å²) >= 11 is 0. The maximum Gasteiger partial charge on any atom is 0.345 e. The third-order valence-electron chi connectivity index (χ3n) is 5.51. The van der Waals surface area contributed by atoms with E-state index in [9.17, 15) is 9.59 Å². The van der Waals surface area contributed by atoms with Crippen LogP contribution in [0.3, 0.4) is 0 Å². The molecule has 27 heavy (non-hydrogen) atoms. The molecule has 1 aromatic rings. The van der Waals surface area contributed by atoms with Gasteiger partial charge in [-0.15, -0.1) is 0 Å². The topological polar surface area (TPSA) is 74.4 Å². The first kappa shape index (κ1) is 18.2. The molecule has 8 nitrogen and oxygen atoms in total. The fourth-order valence-electron chi connectivity index (χ4n) is 3.99. The lowest BCUT2D eigenvalue weighted by molar-refractivity contribution is -0.143. The van der Waals surface area contributed by atoms with Crippen LogP contribution in [-0.2, 0) is 21.1 Å². The van der Waals surface area contributed by atoms with E-state index in [0.29, 0.717) is 19.6 Å². The van der Waals surface area contributed by atoms with Gasteiger partial charge in [0.05, 0.1) is 12.1 Å². The number of amides is 3. The molecule has 0 saturated carbocycles. The van der Waals surface area contributed by atoms with E-state index < -0.39 is 6.04 Å². The van der Waals surface area contributed by atoms with Gasteiger partial charge < -0.3 is 9.80 Å². The number of hydrogen-bond acceptors (Lipinski definition) is 5. The van der Waals surface area contributed by atoms with Crippen LogP contribution in [0.1, 0.15) is 24.8 Å². The molecule has 4 rings (SSSR count). The van der Waals surface area contributed by atoms with Crippen LogP contribution in [0.4, 0.5) is 4.79 Å². The number of likely N-dealkylation sites (tertiary alicyclic amines) is 1. The summed E-state index contributed by atoms with van der Waals surface area (Å²) in [7, 11) is 2.03. The molecule has 0 spiro atoms. The largest absolute Gasteiger partial charge is 0.345 e. The van der Waals surface area contributed by atoms with E-state index in [0.717, 1.165) is 31.5 Å². The Morgan fingerprint density at radius 2 is 2.00 bits per heavy atom. The SMILES string of the molecule is CN1CCC(ONC(=O)C2CCC3CN2C(=O)N3OCc2ccccc2)C1. The lowest BCUT2D eigenvalue weighted by Crippen LogP contribution is -2.50. The average Bonchev–Trinajstić information content (AvgIpc) is 3.21. The molecule has 0 radical (unpaired) electrons. The predicted octanol–water partition coefficient (Wildman–Crippen LogP) is 1.14. The highest BCUT2D eigenvalue weighted by atomic mass is 16.7. The van der Waals surface area contributed by atoms with Gasteiger partial charge in [0, 0.05) is 19.6 Å². The van der Waals surface area contributed by atoms with Gasteiger partial charge in [0.15, 0.2) is 0 Å². The van der Waals surface area contributed by atoms with Gasteiger partial charge in [0.1, 0.15) is 12.6 Å². The standard InChI is InChI=1S/C19H26N4O4/c1-21-10-9-16(12-21)27-20-18(24)17-8-7-15-11-22(17)19(25)23(15)26-13-14-5-3-2-4-6-14/h2-6,15-17H,7-13H2,1H3,(H,20,24). The summed E-state index contributed by atoms with van der Waals surface area (Å²) in [5.74, 6) is -0.249. The van der Waals surface area contributed by atoms with E-state index in [1.165, 1.54) is 5.06 Å². The molecule has 3 aliphatic rings. The average molecular weight is 374 g/mol. The molecule has 3 atom stereocenters. The normalized spacial score (nSPS) is 28.0. The summed E-state index contributed by atoms with van der Waals surface area (Å²) in [6.07, 6.45) is 2.26. The highest BCUT2D eigenvalue weighted by molar-refractivity contribution is 5.88. The summed E-state index contributed by atoms with van der Waals surface area (Å²) in [5, 5.41) is 1.44. The molecule has 3 unspecified atom stereocenters. The van der Waals surface area contributed by atoms with Crippen LogP contribution in [0.15, 0.2) is 30.3 Å². The second-order valence-electron chi connectivity index (χ2n) is 7.52. The van der Waals surface area contributed by atoms with Crippen LogP contribution in [-0.4, -0.2) is 71.7 Å². The minimum absolute atomic E-state index is 0.00494. The number of rotatable bonds is 6. The number of hydrogen-bond donors (Lipinski definition) is 1. The Hall–Kier alpha value is -2.16. The van der Waals surface area contributed by atoms with Crippen molar-refractivity contribution in [2.24, 2.45) is 0 Å². The molecule has 2 bridgehead atoms. The highest BCUT2D eigenvalue weighted by Crippen LogP contribution is 2.30. The van der Waals surface area contributed by atoms with Crippen molar-refractivity contribution in [3.63, 3.8) is 0 Å². The zero-order chi connectivity index (χ0) is 18.8. The molecule has 146 valence electrons. The maximum atomic E-state index is 12.7. The van der Waals surface area contributed by atoms with Crippen LogP contribution >= 0.6 is 0 Å². The fraction of sp³-hybridized carbons (Fsp3) is 0.579. The van der Waals surface area contributed by atoms with Crippen molar-refractivity contribution in [1.29, 1.82) is 0 Å². The van der Waals surface area contributed by atoms with E-state index in [2.05, 4.69) is 10.4 Å². The first-order chi connectivity index (χ1) is 13.1. The van der Waals surface area contributed by atoms with Gasteiger partial charge >= 0.3 is 6.03 Å². The van der Waals surface area contributed by atoms with Gasteiger partial charge in [-0.3, -0.25) is 14.5 Å². The Balaban J connectivity index is 1.31. The Kier molecular flexibility index (Phi) is 5.29. The number of urea groups is 1. The monoisotopic (exact) mass is 374 g/mol. The lowest BCUT2D eigenvalue weighted by Gasteiger charge is -2.29. The van der Waals surface area contributed by atoms with Gasteiger partial charge in [-0.25, -0.2) is 10.3 Å². The van der Waals surface area contributed by atoms with Crippen molar-refractivity contribution in [3.8, 4) is 0 Å². The molecular formula is C19H26N4O4. The van der Waals surface area contributed by atoms with Gasteiger partial charge in [0.25, 0.3) is 5.91 Å². The van der Waals surface area contributed by atoms with Gasteiger partial charge in [-0.2, -0.15) is 5.06 Å². The summed E-state index contributed by atoms with van der Waals surface area (Å²) in [5.41, 5.74) is 3.58. The van der Waals surface area contributed by atoms with Gasteiger partial charge in [0.2, 0.25) is 0 Å². The minimum Gasteiger partial charge on any atom is -0.309 e. The quantitative estimate of drug-likeness (QED) is 0.756. The van der Waals surface area contributed by atoms with E-state index in [4.69, 9.17) is 9.68 Å². The third kappa shape index (κ3) is 3.92. The van der Waals surface area contributed by atoms with Crippen molar-refractivity contribution < 1.29 is 19.3 Å². The first-order valence-electron chi connectivity index (χ1n) is 9.52. The van der Waals surface area contributed by atoms with Crippen LogP contribution in [0.25, 0.3) is 0 Å². The number of likely N-dealkylation sites (N-methyl/N-ethyl adjacent to an activating group) is 1. The number of nitrogens with one attached hydrogen (secondary N) is 1. The molecule has 3 heterocycles. The van der Waals surface area contributed by atoms with Crippen LogP contribution in [0.5, 0.6) is 0 Å². The molecular weight excluding hydrogens is 348 g/mol. The van der Waals surface area contributed by atoms with Crippen molar-refractivity contribution >= 4 is 11.9 Å².